The van der Waals surface area contributed by atoms with Gasteiger partial charge in [0.15, 0.2) is 10.8 Å². The molecule has 25 heavy (non-hydrogen) atoms. The Morgan fingerprint density at radius 1 is 1.36 bits per heavy atom. The van der Waals surface area contributed by atoms with Crippen LogP contribution >= 0.6 is 11.8 Å². The van der Waals surface area contributed by atoms with E-state index in [1.165, 1.54) is 16.3 Å². The number of aryl methyl sites for hydroxylation is 1. The summed E-state index contributed by atoms with van der Waals surface area (Å²) < 4.78 is 1.50. The van der Waals surface area contributed by atoms with Crippen molar-refractivity contribution in [3.63, 3.8) is 0 Å². The summed E-state index contributed by atoms with van der Waals surface area (Å²) >= 11 is 1.39. The highest BCUT2D eigenvalue weighted by Crippen LogP contribution is 2.20. The minimum Gasteiger partial charge on any atom is -0.465 e. The summed E-state index contributed by atoms with van der Waals surface area (Å²) in [7, 11) is 0. The van der Waals surface area contributed by atoms with Gasteiger partial charge >= 0.3 is 6.09 Å². The molecule has 2 N–H and O–H groups in total. The lowest BCUT2D eigenvalue weighted by atomic mass is 10.1. The molecule has 7 nitrogen and oxygen atoms in total. The van der Waals surface area contributed by atoms with Gasteiger partial charge in [0.2, 0.25) is 0 Å². The number of nitrogens with zero attached hydrogens (tertiary/aromatic N) is 3. The molecule has 0 aliphatic carbocycles. The third-order valence-electron chi connectivity index (χ3n) is 3.71. The number of carboxylic acid groups (broad SMARTS) is 1. The second kappa shape index (κ2) is 6.94. The van der Waals surface area contributed by atoms with Crippen LogP contribution in [0.4, 0.5) is 10.5 Å². The second-order valence-corrected chi connectivity index (χ2v) is 6.05. The maximum Gasteiger partial charge on any atom is 0.409 e. The van der Waals surface area contributed by atoms with Gasteiger partial charge in [-0.05, 0) is 36.9 Å². The lowest BCUT2D eigenvalue weighted by Gasteiger charge is -2.13. The molecule has 0 radical (unpaired) electrons. The lowest BCUT2D eigenvalue weighted by Crippen LogP contribution is -2.23. The molecule has 0 atom stereocenters. The number of benzene rings is 1. The number of rotatable bonds is 4. The van der Waals surface area contributed by atoms with E-state index in [0.717, 1.165) is 5.39 Å². The molecule has 0 saturated heterocycles. The van der Waals surface area contributed by atoms with Crippen molar-refractivity contribution in [1.82, 2.24) is 14.5 Å². The highest BCUT2D eigenvalue weighted by atomic mass is 32.2. The van der Waals surface area contributed by atoms with Crippen molar-refractivity contribution >= 4 is 34.6 Å². The van der Waals surface area contributed by atoms with E-state index in [0.29, 0.717) is 34.2 Å². The maximum atomic E-state index is 12.9. The van der Waals surface area contributed by atoms with Gasteiger partial charge in [0, 0.05) is 22.8 Å². The molecule has 0 fully saturated rings. The van der Waals surface area contributed by atoms with Crippen molar-refractivity contribution in [2.45, 2.75) is 18.5 Å². The first kappa shape index (κ1) is 17.0. The topological polar surface area (TPSA) is 97.1 Å². The zero-order chi connectivity index (χ0) is 18.0. The smallest absolute Gasteiger partial charge is 0.409 e. The molecule has 128 valence electrons. The van der Waals surface area contributed by atoms with Crippen molar-refractivity contribution < 1.29 is 9.90 Å². The minimum absolute atomic E-state index is 0.173. The number of anilines is 1. The standard InChI is InChI=1S/C17H16N4O3S/c1-3-10-7-11-9-18-16(25-2)20-14(11)21(15(10)22)13-6-4-5-12(8-13)19-17(23)24/h4-9,19H,3H2,1-2H3,(H,23,24). The van der Waals surface area contributed by atoms with Crippen LogP contribution in [-0.2, 0) is 6.42 Å². The van der Waals surface area contributed by atoms with Crippen molar-refractivity contribution in [3.05, 3.63) is 52.4 Å². The summed E-state index contributed by atoms with van der Waals surface area (Å²) in [4.78, 5) is 32.5. The number of thioether (sulfide) groups is 1. The third-order valence-corrected chi connectivity index (χ3v) is 4.27. The number of hydrogen-bond acceptors (Lipinski definition) is 5. The lowest BCUT2D eigenvalue weighted by molar-refractivity contribution is 0.210. The Balaban J connectivity index is 2.31. The van der Waals surface area contributed by atoms with Crippen molar-refractivity contribution in [2.75, 3.05) is 11.6 Å². The molecule has 8 heteroatoms. The fraction of sp³-hybridized carbons (Fsp3) is 0.176. The van der Waals surface area contributed by atoms with Crippen LogP contribution in [0.3, 0.4) is 0 Å². The van der Waals surface area contributed by atoms with Crippen LogP contribution in [0, 0.1) is 0 Å². The Labute approximate surface area is 147 Å². The first-order valence-electron chi connectivity index (χ1n) is 7.59. The Bertz CT molecular complexity index is 1020. The van der Waals surface area contributed by atoms with Crippen LogP contribution in [0.25, 0.3) is 16.7 Å². The zero-order valence-electron chi connectivity index (χ0n) is 13.7. The largest absolute Gasteiger partial charge is 0.465 e. The van der Waals surface area contributed by atoms with Crippen molar-refractivity contribution in [3.8, 4) is 5.69 Å². The number of aromatic nitrogens is 3. The predicted molar refractivity (Wildman–Crippen MR) is 97.9 cm³/mol. The third kappa shape index (κ3) is 3.34. The van der Waals surface area contributed by atoms with Gasteiger partial charge in [-0.1, -0.05) is 24.8 Å². The summed E-state index contributed by atoms with van der Waals surface area (Å²) in [6.07, 6.45) is 2.97. The van der Waals surface area contributed by atoms with E-state index >= 15 is 0 Å². The van der Waals surface area contributed by atoms with Crippen molar-refractivity contribution in [1.29, 1.82) is 0 Å². The van der Waals surface area contributed by atoms with Gasteiger partial charge in [-0.25, -0.2) is 14.8 Å². The van der Waals surface area contributed by atoms with E-state index in [1.54, 1.807) is 36.5 Å². The molecule has 0 aliphatic rings. The SMILES string of the molecule is CCc1cc2cnc(SC)nc2n(-c2cccc(NC(=O)O)c2)c1=O. The normalized spacial score (nSPS) is 10.8. The Kier molecular flexibility index (Phi) is 4.71. The molecule has 0 spiro atoms. The maximum absolute atomic E-state index is 12.9. The van der Waals surface area contributed by atoms with Gasteiger partial charge in [-0.3, -0.25) is 14.7 Å². The summed E-state index contributed by atoms with van der Waals surface area (Å²) in [6.45, 7) is 1.91. The Morgan fingerprint density at radius 2 is 2.16 bits per heavy atom. The summed E-state index contributed by atoms with van der Waals surface area (Å²) in [5.74, 6) is 0. The van der Waals surface area contributed by atoms with Gasteiger partial charge in [0.1, 0.15) is 0 Å². The van der Waals surface area contributed by atoms with E-state index in [-0.39, 0.29) is 5.56 Å². The fourth-order valence-corrected chi connectivity index (χ4v) is 2.91. The summed E-state index contributed by atoms with van der Waals surface area (Å²) in [5, 5.41) is 12.5. The molecule has 0 saturated carbocycles. The Morgan fingerprint density at radius 3 is 2.84 bits per heavy atom. The molecule has 3 rings (SSSR count). The van der Waals surface area contributed by atoms with Crippen LogP contribution in [-0.4, -0.2) is 32.0 Å². The minimum atomic E-state index is -1.16. The molecular weight excluding hydrogens is 340 g/mol. The average molecular weight is 356 g/mol. The van der Waals surface area contributed by atoms with Crippen LogP contribution in [0.5, 0.6) is 0 Å². The van der Waals surface area contributed by atoms with E-state index in [2.05, 4.69) is 15.3 Å². The molecule has 2 heterocycles. The van der Waals surface area contributed by atoms with Gasteiger partial charge in [-0.2, -0.15) is 0 Å². The molecule has 0 aliphatic heterocycles. The first-order valence-corrected chi connectivity index (χ1v) is 8.82. The zero-order valence-corrected chi connectivity index (χ0v) is 14.5. The first-order chi connectivity index (χ1) is 12.0. The van der Waals surface area contributed by atoms with E-state index < -0.39 is 6.09 Å². The number of carbonyl (C=O) groups is 1. The number of amides is 1. The highest BCUT2D eigenvalue weighted by Gasteiger charge is 2.13. The number of hydrogen-bond donors (Lipinski definition) is 2. The summed E-state index contributed by atoms with van der Waals surface area (Å²) in [6, 6.07) is 8.46. The van der Waals surface area contributed by atoms with Gasteiger partial charge < -0.3 is 5.11 Å². The molecule has 3 aromatic rings. The highest BCUT2D eigenvalue weighted by molar-refractivity contribution is 7.98. The molecule has 0 bridgehead atoms. The van der Waals surface area contributed by atoms with Gasteiger partial charge in [-0.15, -0.1) is 0 Å². The van der Waals surface area contributed by atoms with Crippen LogP contribution in [0.2, 0.25) is 0 Å². The molecule has 0 unspecified atom stereocenters. The van der Waals surface area contributed by atoms with E-state index in [4.69, 9.17) is 5.11 Å². The van der Waals surface area contributed by atoms with E-state index in [9.17, 15) is 9.59 Å². The predicted octanol–water partition coefficient (Wildman–Crippen LogP) is 3.15. The van der Waals surface area contributed by atoms with Gasteiger partial charge in [0.05, 0.1) is 5.69 Å². The quantitative estimate of drug-likeness (QED) is 0.550. The van der Waals surface area contributed by atoms with Crippen molar-refractivity contribution in [2.24, 2.45) is 0 Å². The number of fused-ring (bicyclic) bond motifs is 1. The number of pyridine rings is 1. The number of nitrogens with one attached hydrogen (secondary N) is 1. The molecule has 1 aromatic carbocycles. The van der Waals surface area contributed by atoms with Gasteiger partial charge in [0.25, 0.3) is 5.56 Å². The van der Waals surface area contributed by atoms with Crippen LogP contribution in [0.1, 0.15) is 12.5 Å². The monoisotopic (exact) mass is 356 g/mol. The molecule has 1 amide bonds. The molecular formula is C17H16N4O3S. The fourth-order valence-electron chi connectivity index (χ4n) is 2.57. The van der Waals surface area contributed by atoms with Crippen LogP contribution < -0.4 is 10.9 Å². The van der Waals surface area contributed by atoms with E-state index in [1.807, 2.05) is 13.2 Å². The summed E-state index contributed by atoms with van der Waals surface area (Å²) in [5.41, 5.74) is 1.89. The Hall–Kier alpha value is -2.87. The molecule has 2 aromatic heterocycles. The average Bonchev–Trinajstić information content (AvgIpc) is 2.60. The second-order valence-electron chi connectivity index (χ2n) is 5.28. The van der Waals surface area contributed by atoms with Crippen LogP contribution in [0.15, 0.2) is 46.5 Å².